The number of carbonyl (C=O) groups is 1. The first-order valence-corrected chi connectivity index (χ1v) is 7.81. The zero-order chi connectivity index (χ0) is 17.1. The van der Waals surface area contributed by atoms with Crippen molar-refractivity contribution in [1.29, 1.82) is 0 Å². The summed E-state index contributed by atoms with van der Waals surface area (Å²) in [5.74, 6) is 0. The van der Waals surface area contributed by atoms with Crippen LogP contribution in [-0.2, 0) is 0 Å². The third-order valence-electron chi connectivity index (χ3n) is 3.81. The summed E-state index contributed by atoms with van der Waals surface area (Å²) in [6.45, 7) is 6.13. The van der Waals surface area contributed by atoms with Gasteiger partial charge in [-0.15, -0.1) is 5.10 Å². The number of nitrogens with zero attached hydrogens (tertiary/aromatic N) is 3. The molecule has 120 valence electrons. The molecule has 0 aliphatic rings. The van der Waals surface area contributed by atoms with Gasteiger partial charge in [-0.1, -0.05) is 47.2 Å². The van der Waals surface area contributed by atoms with Crippen molar-refractivity contribution >= 4 is 18.4 Å². The van der Waals surface area contributed by atoms with Crippen LogP contribution in [0.25, 0.3) is 17.8 Å². The molecule has 0 aliphatic heterocycles. The molecule has 4 nitrogen and oxygen atoms in total. The molecule has 0 unspecified atom stereocenters. The first kappa shape index (κ1) is 15.9. The van der Waals surface area contributed by atoms with Crippen LogP contribution >= 0.6 is 0 Å². The van der Waals surface area contributed by atoms with Gasteiger partial charge in [0.2, 0.25) is 0 Å². The monoisotopic (exact) mass is 317 g/mol. The molecular formula is C20H19N3O. The number of aldehydes is 1. The van der Waals surface area contributed by atoms with E-state index in [1.807, 2.05) is 50.3 Å². The predicted molar refractivity (Wildman–Crippen MR) is 96.3 cm³/mol. The van der Waals surface area contributed by atoms with Gasteiger partial charge in [0, 0.05) is 0 Å². The normalized spacial score (nSPS) is 11.1. The Kier molecular flexibility index (Phi) is 4.38. The summed E-state index contributed by atoms with van der Waals surface area (Å²) in [6.07, 6.45) is 4.58. The Bertz CT molecular complexity index is 885. The maximum atomic E-state index is 11.3. The fraction of sp³-hybridized carbons (Fsp3) is 0.150. The molecule has 0 N–H and O–H groups in total. The highest BCUT2D eigenvalue weighted by Gasteiger charge is 2.11. The van der Waals surface area contributed by atoms with E-state index in [9.17, 15) is 4.79 Å². The molecule has 0 spiro atoms. The molecule has 0 bridgehead atoms. The van der Waals surface area contributed by atoms with E-state index in [1.165, 1.54) is 5.56 Å². The Morgan fingerprint density at radius 1 is 0.875 bits per heavy atom. The summed E-state index contributed by atoms with van der Waals surface area (Å²) < 4.78 is 1.70. The second-order valence-corrected chi connectivity index (χ2v) is 5.98. The molecular weight excluding hydrogens is 298 g/mol. The quantitative estimate of drug-likeness (QED) is 0.678. The van der Waals surface area contributed by atoms with Crippen molar-refractivity contribution in [3.8, 4) is 5.69 Å². The summed E-state index contributed by atoms with van der Waals surface area (Å²) in [4.78, 5) is 11.3. The molecule has 2 aromatic carbocycles. The van der Waals surface area contributed by atoms with Crippen molar-refractivity contribution in [2.24, 2.45) is 0 Å². The van der Waals surface area contributed by atoms with Crippen LogP contribution in [0.2, 0.25) is 0 Å². The SMILES string of the molecule is Cc1ccc(/C=C/c2c(C=O)nnn2-c2cc(C)cc(C)c2)cc1. The average molecular weight is 317 g/mol. The minimum atomic E-state index is 0.331. The summed E-state index contributed by atoms with van der Waals surface area (Å²) in [5, 5.41) is 8.14. The number of rotatable bonds is 4. The Labute approximate surface area is 141 Å². The molecule has 1 heterocycles. The van der Waals surface area contributed by atoms with Crippen molar-refractivity contribution in [3.63, 3.8) is 0 Å². The Morgan fingerprint density at radius 3 is 2.17 bits per heavy atom. The molecule has 0 fully saturated rings. The molecule has 1 aromatic heterocycles. The van der Waals surface area contributed by atoms with Crippen molar-refractivity contribution in [1.82, 2.24) is 15.0 Å². The van der Waals surface area contributed by atoms with Crippen LogP contribution in [0.3, 0.4) is 0 Å². The fourth-order valence-electron chi connectivity index (χ4n) is 2.66. The van der Waals surface area contributed by atoms with E-state index in [4.69, 9.17) is 0 Å². The van der Waals surface area contributed by atoms with Gasteiger partial charge in [-0.2, -0.15) is 0 Å². The summed E-state index contributed by atoms with van der Waals surface area (Å²) in [7, 11) is 0. The third kappa shape index (κ3) is 3.33. The largest absolute Gasteiger partial charge is 0.296 e. The van der Waals surface area contributed by atoms with Crippen LogP contribution in [0.1, 0.15) is 38.4 Å². The van der Waals surface area contributed by atoms with Crippen LogP contribution in [0.4, 0.5) is 0 Å². The minimum Gasteiger partial charge on any atom is -0.296 e. The van der Waals surface area contributed by atoms with E-state index < -0.39 is 0 Å². The van der Waals surface area contributed by atoms with Crippen LogP contribution in [0.15, 0.2) is 42.5 Å². The summed E-state index contributed by atoms with van der Waals surface area (Å²) in [6, 6.07) is 14.3. The Morgan fingerprint density at radius 2 is 1.54 bits per heavy atom. The Hall–Kier alpha value is -3.01. The van der Waals surface area contributed by atoms with Crippen LogP contribution in [0.5, 0.6) is 0 Å². The van der Waals surface area contributed by atoms with E-state index in [2.05, 4.69) is 35.4 Å². The number of aryl methyl sites for hydroxylation is 3. The molecule has 0 aliphatic carbocycles. The molecule has 24 heavy (non-hydrogen) atoms. The maximum absolute atomic E-state index is 11.3. The van der Waals surface area contributed by atoms with Crippen molar-refractivity contribution < 1.29 is 4.79 Å². The van der Waals surface area contributed by atoms with E-state index in [1.54, 1.807) is 4.68 Å². The zero-order valence-electron chi connectivity index (χ0n) is 14.0. The van der Waals surface area contributed by atoms with Crippen LogP contribution in [-0.4, -0.2) is 21.3 Å². The van der Waals surface area contributed by atoms with Crippen molar-refractivity contribution in [2.45, 2.75) is 20.8 Å². The molecule has 0 saturated heterocycles. The number of hydrogen-bond acceptors (Lipinski definition) is 3. The van der Waals surface area contributed by atoms with Gasteiger partial charge in [0.1, 0.15) is 0 Å². The van der Waals surface area contributed by atoms with Crippen molar-refractivity contribution in [2.75, 3.05) is 0 Å². The topological polar surface area (TPSA) is 47.8 Å². The van der Waals surface area contributed by atoms with Crippen LogP contribution < -0.4 is 0 Å². The highest BCUT2D eigenvalue weighted by molar-refractivity contribution is 5.81. The average Bonchev–Trinajstić information content (AvgIpc) is 2.96. The molecule has 0 radical (unpaired) electrons. The van der Waals surface area contributed by atoms with Gasteiger partial charge in [-0.25, -0.2) is 4.68 Å². The van der Waals surface area contributed by atoms with Gasteiger partial charge in [0.15, 0.2) is 12.0 Å². The third-order valence-corrected chi connectivity index (χ3v) is 3.81. The Balaban J connectivity index is 2.05. The molecule has 4 heteroatoms. The van der Waals surface area contributed by atoms with Gasteiger partial charge in [-0.05, 0) is 55.7 Å². The second kappa shape index (κ2) is 6.62. The van der Waals surface area contributed by atoms with Crippen LogP contribution in [0, 0.1) is 20.8 Å². The highest BCUT2D eigenvalue weighted by atomic mass is 16.1. The predicted octanol–water partition coefficient (Wildman–Crippen LogP) is 4.18. The standard InChI is InChI=1S/C20H19N3O/c1-14-4-6-17(7-5-14)8-9-20-19(13-24)21-22-23(20)18-11-15(2)10-16(3)12-18/h4-13H,1-3H3/b9-8+. The lowest BCUT2D eigenvalue weighted by atomic mass is 10.1. The lowest BCUT2D eigenvalue weighted by Gasteiger charge is -2.06. The minimum absolute atomic E-state index is 0.331. The van der Waals surface area contributed by atoms with Gasteiger partial charge in [0.25, 0.3) is 0 Å². The van der Waals surface area contributed by atoms with E-state index in [0.717, 1.165) is 28.7 Å². The molecule has 3 aromatic rings. The van der Waals surface area contributed by atoms with E-state index >= 15 is 0 Å². The lowest BCUT2D eigenvalue weighted by molar-refractivity contribution is 0.111. The lowest BCUT2D eigenvalue weighted by Crippen LogP contribution is -2.01. The van der Waals surface area contributed by atoms with Crippen molar-refractivity contribution in [3.05, 3.63) is 76.1 Å². The molecule has 0 atom stereocenters. The van der Waals surface area contributed by atoms with Gasteiger partial charge in [0.05, 0.1) is 11.4 Å². The van der Waals surface area contributed by atoms with E-state index in [-0.39, 0.29) is 0 Å². The van der Waals surface area contributed by atoms with Gasteiger partial charge in [-0.3, -0.25) is 4.79 Å². The highest BCUT2D eigenvalue weighted by Crippen LogP contribution is 2.18. The summed E-state index contributed by atoms with van der Waals surface area (Å²) >= 11 is 0. The number of carbonyl (C=O) groups excluding carboxylic acids is 1. The van der Waals surface area contributed by atoms with E-state index in [0.29, 0.717) is 11.4 Å². The number of aromatic nitrogens is 3. The first-order chi connectivity index (χ1) is 11.6. The molecule has 3 rings (SSSR count). The maximum Gasteiger partial charge on any atom is 0.172 e. The number of hydrogen-bond donors (Lipinski definition) is 0. The molecule has 0 saturated carbocycles. The summed E-state index contributed by atoms with van der Waals surface area (Å²) in [5.41, 5.74) is 6.46. The van der Waals surface area contributed by atoms with Gasteiger partial charge >= 0.3 is 0 Å². The number of benzene rings is 2. The zero-order valence-corrected chi connectivity index (χ0v) is 14.0. The smallest absolute Gasteiger partial charge is 0.172 e. The first-order valence-electron chi connectivity index (χ1n) is 7.81. The molecule has 0 amide bonds. The van der Waals surface area contributed by atoms with Gasteiger partial charge < -0.3 is 0 Å². The second-order valence-electron chi connectivity index (χ2n) is 5.98. The fourth-order valence-corrected chi connectivity index (χ4v) is 2.66.